The van der Waals surface area contributed by atoms with Crippen LogP contribution in [0.1, 0.15) is 5.56 Å². The zero-order valence-electron chi connectivity index (χ0n) is 10.3. The zero-order chi connectivity index (χ0) is 12.7. The van der Waals surface area contributed by atoms with Crippen LogP contribution in [0.5, 0.6) is 0 Å². The maximum Gasteiger partial charge on any atom is 0.339 e. The van der Waals surface area contributed by atoms with Gasteiger partial charge >= 0.3 is 5.63 Å². The lowest BCUT2D eigenvalue weighted by molar-refractivity contribution is 0.555. The first kappa shape index (κ1) is 10.8. The summed E-state index contributed by atoms with van der Waals surface area (Å²) in [6.45, 7) is 1.76. The van der Waals surface area contributed by atoms with Gasteiger partial charge in [0.1, 0.15) is 5.58 Å². The molecule has 2 aromatic carbocycles. The summed E-state index contributed by atoms with van der Waals surface area (Å²) in [5, 5.41) is 6.24. The van der Waals surface area contributed by atoms with Crippen molar-refractivity contribution in [3.8, 4) is 0 Å². The minimum absolute atomic E-state index is 0.272. The topological polar surface area (TPSA) is 42.2 Å². The van der Waals surface area contributed by atoms with Crippen molar-refractivity contribution in [1.82, 2.24) is 0 Å². The molecule has 0 fully saturated rings. The molecule has 3 heteroatoms. The SMILES string of the molecule is CNc1ccc2cc3cc(C)c(=O)oc3cc2c1. The molecule has 18 heavy (non-hydrogen) atoms. The van der Waals surface area contributed by atoms with Gasteiger partial charge in [-0.15, -0.1) is 0 Å². The number of rotatable bonds is 1. The second kappa shape index (κ2) is 3.88. The molecule has 3 nitrogen and oxygen atoms in total. The van der Waals surface area contributed by atoms with E-state index < -0.39 is 0 Å². The zero-order valence-corrected chi connectivity index (χ0v) is 10.3. The van der Waals surface area contributed by atoms with Gasteiger partial charge in [-0.3, -0.25) is 0 Å². The third-order valence-electron chi connectivity index (χ3n) is 3.15. The Morgan fingerprint density at radius 3 is 2.61 bits per heavy atom. The number of aryl methyl sites for hydroxylation is 1. The first-order chi connectivity index (χ1) is 8.67. The van der Waals surface area contributed by atoms with Gasteiger partial charge in [0.2, 0.25) is 0 Å². The Balaban J connectivity index is 2.39. The van der Waals surface area contributed by atoms with Crippen LogP contribution in [0.25, 0.3) is 21.7 Å². The van der Waals surface area contributed by atoms with E-state index in [0.717, 1.165) is 21.8 Å². The predicted molar refractivity (Wildman–Crippen MR) is 74.3 cm³/mol. The lowest BCUT2D eigenvalue weighted by atomic mass is 10.1. The Morgan fingerprint density at radius 1 is 1.00 bits per heavy atom. The maximum absolute atomic E-state index is 11.5. The Bertz CT molecular complexity index is 803. The van der Waals surface area contributed by atoms with E-state index in [1.807, 2.05) is 37.4 Å². The largest absolute Gasteiger partial charge is 0.423 e. The Kier molecular flexibility index (Phi) is 2.33. The lowest BCUT2D eigenvalue weighted by Gasteiger charge is -2.05. The summed E-state index contributed by atoms with van der Waals surface area (Å²) >= 11 is 0. The van der Waals surface area contributed by atoms with Crippen LogP contribution in [0.3, 0.4) is 0 Å². The number of benzene rings is 2. The molecule has 0 bridgehead atoms. The third kappa shape index (κ3) is 1.64. The highest BCUT2D eigenvalue weighted by atomic mass is 16.4. The molecule has 90 valence electrons. The Morgan fingerprint density at radius 2 is 1.83 bits per heavy atom. The van der Waals surface area contributed by atoms with Gasteiger partial charge in [0.05, 0.1) is 0 Å². The fourth-order valence-electron chi connectivity index (χ4n) is 2.12. The molecule has 0 atom stereocenters. The molecular weight excluding hydrogens is 226 g/mol. The minimum atomic E-state index is -0.272. The third-order valence-corrected chi connectivity index (χ3v) is 3.15. The Hall–Kier alpha value is -2.29. The highest BCUT2D eigenvalue weighted by Crippen LogP contribution is 2.24. The van der Waals surface area contributed by atoms with Crippen LogP contribution in [-0.2, 0) is 0 Å². The summed E-state index contributed by atoms with van der Waals surface area (Å²) in [6, 6.07) is 11.9. The van der Waals surface area contributed by atoms with Crippen molar-refractivity contribution < 1.29 is 4.42 Å². The molecular formula is C15H13NO2. The molecule has 3 rings (SSSR count). The molecule has 3 aromatic rings. The van der Waals surface area contributed by atoms with Gasteiger partial charge in [0.25, 0.3) is 0 Å². The molecule has 0 aliphatic carbocycles. The molecule has 0 saturated heterocycles. The molecule has 1 aromatic heterocycles. The summed E-state index contributed by atoms with van der Waals surface area (Å²) < 4.78 is 5.30. The molecule has 0 saturated carbocycles. The normalized spacial score (nSPS) is 11.0. The fourth-order valence-corrected chi connectivity index (χ4v) is 2.12. The molecule has 1 N–H and O–H groups in total. The van der Waals surface area contributed by atoms with Gasteiger partial charge in [-0.2, -0.15) is 0 Å². The van der Waals surface area contributed by atoms with Crippen molar-refractivity contribution in [2.45, 2.75) is 6.92 Å². The average Bonchev–Trinajstić information content (AvgIpc) is 2.37. The van der Waals surface area contributed by atoms with E-state index in [2.05, 4.69) is 11.4 Å². The van der Waals surface area contributed by atoms with Gasteiger partial charge < -0.3 is 9.73 Å². The number of nitrogens with one attached hydrogen (secondary N) is 1. The van der Waals surface area contributed by atoms with Crippen molar-refractivity contribution in [2.24, 2.45) is 0 Å². The van der Waals surface area contributed by atoms with E-state index in [1.54, 1.807) is 6.92 Å². The highest BCUT2D eigenvalue weighted by molar-refractivity contribution is 5.97. The van der Waals surface area contributed by atoms with Crippen molar-refractivity contribution in [3.63, 3.8) is 0 Å². The molecule has 0 aliphatic heterocycles. The van der Waals surface area contributed by atoms with Crippen LogP contribution in [0, 0.1) is 6.92 Å². The van der Waals surface area contributed by atoms with E-state index in [-0.39, 0.29) is 5.63 Å². The van der Waals surface area contributed by atoms with E-state index in [9.17, 15) is 4.79 Å². The second-order valence-corrected chi connectivity index (χ2v) is 4.42. The van der Waals surface area contributed by atoms with Crippen molar-refractivity contribution in [2.75, 3.05) is 12.4 Å². The first-order valence-electron chi connectivity index (χ1n) is 5.83. The van der Waals surface area contributed by atoms with Gasteiger partial charge in [-0.25, -0.2) is 4.79 Å². The van der Waals surface area contributed by atoms with Crippen LogP contribution < -0.4 is 10.9 Å². The summed E-state index contributed by atoms with van der Waals surface area (Å²) in [4.78, 5) is 11.5. The van der Waals surface area contributed by atoms with Crippen LogP contribution in [0.4, 0.5) is 5.69 Å². The van der Waals surface area contributed by atoms with Gasteiger partial charge in [0, 0.05) is 23.7 Å². The molecule has 0 unspecified atom stereocenters. The first-order valence-corrected chi connectivity index (χ1v) is 5.83. The van der Waals surface area contributed by atoms with Gasteiger partial charge in [0.15, 0.2) is 0 Å². The van der Waals surface area contributed by atoms with Crippen LogP contribution in [0.15, 0.2) is 45.6 Å². The second-order valence-electron chi connectivity index (χ2n) is 4.42. The van der Waals surface area contributed by atoms with E-state index >= 15 is 0 Å². The quantitative estimate of drug-likeness (QED) is 0.523. The van der Waals surface area contributed by atoms with E-state index in [4.69, 9.17) is 4.42 Å². The summed E-state index contributed by atoms with van der Waals surface area (Å²) in [7, 11) is 1.88. The standard InChI is InChI=1S/C15H13NO2/c1-9-5-12-6-10-3-4-13(16-2)7-11(10)8-14(12)18-15(9)17/h3-8,16H,1-2H3. The minimum Gasteiger partial charge on any atom is -0.423 e. The van der Waals surface area contributed by atoms with Gasteiger partial charge in [-0.1, -0.05) is 6.07 Å². The average molecular weight is 239 g/mol. The van der Waals surface area contributed by atoms with Crippen molar-refractivity contribution in [3.05, 3.63) is 52.4 Å². The monoisotopic (exact) mass is 239 g/mol. The number of hydrogen-bond acceptors (Lipinski definition) is 3. The van der Waals surface area contributed by atoms with Gasteiger partial charge in [-0.05, 0) is 48.0 Å². The molecule has 0 amide bonds. The van der Waals surface area contributed by atoms with E-state index in [1.165, 1.54) is 0 Å². The fraction of sp³-hybridized carbons (Fsp3) is 0.133. The molecule has 0 aliphatic rings. The van der Waals surface area contributed by atoms with Crippen molar-refractivity contribution in [1.29, 1.82) is 0 Å². The predicted octanol–water partition coefficient (Wildman–Crippen LogP) is 3.30. The van der Waals surface area contributed by atoms with E-state index in [0.29, 0.717) is 11.1 Å². The molecule has 0 spiro atoms. The summed E-state index contributed by atoms with van der Waals surface area (Å²) in [5.41, 5.74) is 2.03. The maximum atomic E-state index is 11.5. The smallest absolute Gasteiger partial charge is 0.339 e. The molecule has 1 heterocycles. The lowest BCUT2D eigenvalue weighted by Crippen LogP contribution is -2.01. The summed E-state index contributed by atoms with van der Waals surface area (Å²) in [6.07, 6.45) is 0. The summed E-state index contributed by atoms with van der Waals surface area (Å²) in [5.74, 6) is 0. The number of hydrogen-bond donors (Lipinski definition) is 1. The van der Waals surface area contributed by atoms with Crippen molar-refractivity contribution >= 4 is 27.4 Å². The Labute approximate surface area is 104 Å². The van der Waals surface area contributed by atoms with Crippen LogP contribution >= 0.6 is 0 Å². The number of fused-ring (bicyclic) bond motifs is 2. The van der Waals surface area contributed by atoms with Crippen LogP contribution in [0.2, 0.25) is 0 Å². The van der Waals surface area contributed by atoms with Crippen LogP contribution in [-0.4, -0.2) is 7.05 Å². The number of anilines is 1. The highest BCUT2D eigenvalue weighted by Gasteiger charge is 2.04. The molecule has 0 radical (unpaired) electrons.